The van der Waals surface area contributed by atoms with E-state index < -0.39 is 0 Å². The highest BCUT2D eigenvalue weighted by Crippen LogP contribution is 2.39. The molecule has 3 N–H and O–H groups in total. The Morgan fingerprint density at radius 2 is 2.18 bits per heavy atom. The number of quaternary nitrogens is 1. The third-order valence-electron chi connectivity index (χ3n) is 3.11. The number of hydrogen-bond acceptors (Lipinski definition) is 1. The molecule has 0 spiro atoms. The lowest BCUT2D eigenvalue weighted by Gasteiger charge is -2.04. The Bertz CT molecular complexity index is 543. The lowest BCUT2D eigenvalue weighted by molar-refractivity contribution is -0.387. The fourth-order valence-corrected chi connectivity index (χ4v) is 2.21. The number of aromatic nitrogens is 2. The van der Waals surface area contributed by atoms with Gasteiger partial charge in [0.15, 0.2) is 0 Å². The van der Waals surface area contributed by atoms with Crippen molar-refractivity contribution in [1.82, 2.24) is 9.78 Å². The van der Waals surface area contributed by atoms with Gasteiger partial charge in [-0.15, -0.1) is 0 Å². The molecule has 0 unspecified atom stereocenters. The van der Waals surface area contributed by atoms with Gasteiger partial charge in [-0.05, 0) is 37.1 Å². The second-order valence-electron chi connectivity index (χ2n) is 4.48. The highest BCUT2D eigenvalue weighted by atomic mass is 35.5. The summed E-state index contributed by atoms with van der Waals surface area (Å²) >= 11 is 6.02. The van der Waals surface area contributed by atoms with Crippen molar-refractivity contribution in [3.05, 3.63) is 46.7 Å². The number of nitrogens with zero attached hydrogens (tertiary/aromatic N) is 2. The van der Waals surface area contributed by atoms with E-state index in [1.54, 1.807) is 0 Å². The zero-order valence-corrected chi connectivity index (χ0v) is 10.3. The van der Waals surface area contributed by atoms with Crippen molar-refractivity contribution >= 4 is 11.6 Å². The predicted octanol–water partition coefficient (Wildman–Crippen LogP) is 2.14. The largest absolute Gasteiger partial charge is 0.353 e. The Kier molecular flexibility index (Phi) is 2.65. The Morgan fingerprint density at radius 3 is 2.82 bits per heavy atom. The lowest BCUT2D eigenvalue weighted by Crippen LogP contribution is -2.48. The molecule has 1 aromatic heterocycles. The quantitative estimate of drug-likeness (QED) is 0.889. The van der Waals surface area contributed by atoms with Crippen LogP contribution in [-0.2, 0) is 6.54 Å². The molecular weight excluding hydrogens is 234 g/mol. The van der Waals surface area contributed by atoms with E-state index in [1.807, 2.05) is 28.9 Å². The molecule has 0 atom stereocenters. The van der Waals surface area contributed by atoms with E-state index in [2.05, 4.69) is 16.9 Å². The van der Waals surface area contributed by atoms with Gasteiger partial charge in [-0.2, -0.15) is 5.10 Å². The molecule has 1 saturated carbocycles. The summed E-state index contributed by atoms with van der Waals surface area (Å²) in [4.78, 5) is 0. The Morgan fingerprint density at radius 1 is 1.35 bits per heavy atom. The van der Waals surface area contributed by atoms with Crippen LogP contribution in [0, 0.1) is 0 Å². The van der Waals surface area contributed by atoms with Gasteiger partial charge in [0, 0.05) is 10.9 Å². The van der Waals surface area contributed by atoms with Crippen LogP contribution in [0.1, 0.15) is 30.1 Å². The molecule has 0 radical (unpaired) electrons. The fourth-order valence-electron chi connectivity index (χ4n) is 2.03. The lowest BCUT2D eigenvalue weighted by atomic mass is 10.2. The van der Waals surface area contributed by atoms with E-state index in [0.717, 1.165) is 22.9 Å². The predicted molar refractivity (Wildman–Crippen MR) is 67.1 cm³/mol. The van der Waals surface area contributed by atoms with Crippen LogP contribution in [0.4, 0.5) is 0 Å². The van der Waals surface area contributed by atoms with Crippen molar-refractivity contribution in [1.29, 1.82) is 0 Å². The first kappa shape index (κ1) is 10.8. The second-order valence-corrected chi connectivity index (χ2v) is 4.91. The summed E-state index contributed by atoms with van der Waals surface area (Å²) in [7, 11) is 0. The summed E-state index contributed by atoms with van der Waals surface area (Å²) in [6.07, 6.45) is 2.53. The molecule has 3 rings (SSSR count). The minimum absolute atomic E-state index is 0.667. The van der Waals surface area contributed by atoms with Crippen LogP contribution in [0.25, 0.3) is 5.69 Å². The first-order valence-corrected chi connectivity index (χ1v) is 6.30. The third-order valence-corrected chi connectivity index (χ3v) is 3.34. The van der Waals surface area contributed by atoms with Crippen LogP contribution in [0.5, 0.6) is 0 Å². The summed E-state index contributed by atoms with van der Waals surface area (Å²) < 4.78 is 1.96. The maximum Gasteiger partial charge on any atom is 0.117 e. The zero-order chi connectivity index (χ0) is 11.8. The number of hydrogen-bond donors (Lipinski definition) is 1. The molecular formula is C13H15ClN3+. The molecule has 0 aliphatic heterocycles. The van der Waals surface area contributed by atoms with E-state index in [0.29, 0.717) is 5.92 Å². The molecule has 2 aromatic rings. The van der Waals surface area contributed by atoms with E-state index in [1.165, 1.54) is 18.5 Å². The van der Waals surface area contributed by atoms with Crippen molar-refractivity contribution in [3.63, 3.8) is 0 Å². The van der Waals surface area contributed by atoms with Gasteiger partial charge in [-0.1, -0.05) is 17.7 Å². The fraction of sp³-hybridized carbons (Fsp3) is 0.308. The van der Waals surface area contributed by atoms with Crippen LogP contribution in [0.3, 0.4) is 0 Å². The normalized spacial score (nSPS) is 15.2. The Hall–Kier alpha value is -1.32. The van der Waals surface area contributed by atoms with Crippen LogP contribution in [0.15, 0.2) is 30.3 Å². The molecule has 1 heterocycles. The molecule has 4 heteroatoms. The Balaban J connectivity index is 2.06. The molecule has 1 aliphatic carbocycles. The molecule has 1 aromatic carbocycles. The summed E-state index contributed by atoms with van der Waals surface area (Å²) in [6.45, 7) is 0.742. The SMILES string of the molecule is [NH3+]Cc1cc(C2CC2)nn1-c1cccc(Cl)c1. The highest BCUT2D eigenvalue weighted by molar-refractivity contribution is 6.30. The third kappa shape index (κ3) is 2.08. The number of benzene rings is 1. The first-order chi connectivity index (χ1) is 8.28. The van der Waals surface area contributed by atoms with Crippen molar-refractivity contribution < 1.29 is 5.73 Å². The number of halogens is 1. The van der Waals surface area contributed by atoms with Crippen molar-refractivity contribution in [2.75, 3.05) is 0 Å². The van der Waals surface area contributed by atoms with E-state index in [-0.39, 0.29) is 0 Å². The maximum absolute atomic E-state index is 6.02. The van der Waals surface area contributed by atoms with Crippen LogP contribution >= 0.6 is 11.6 Å². The van der Waals surface area contributed by atoms with Crippen LogP contribution in [-0.4, -0.2) is 9.78 Å². The molecule has 0 saturated heterocycles. The van der Waals surface area contributed by atoms with Crippen molar-refractivity contribution in [2.24, 2.45) is 0 Å². The molecule has 0 bridgehead atoms. The number of rotatable bonds is 3. The molecule has 1 fully saturated rings. The molecule has 0 amide bonds. The molecule has 1 aliphatic rings. The minimum atomic E-state index is 0.667. The van der Waals surface area contributed by atoms with Crippen molar-refractivity contribution in [3.8, 4) is 5.69 Å². The topological polar surface area (TPSA) is 45.5 Å². The highest BCUT2D eigenvalue weighted by Gasteiger charge is 2.27. The molecule has 17 heavy (non-hydrogen) atoms. The molecule has 3 nitrogen and oxygen atoms in total. The van der Waals surface area contributed by atoms with E-state index >= 15 is 0 Å². The standard InChI is InChI=1S/C13H14ClN3/c14-10-2-1-3-11(6-10)17-12(8-15)7-13(16-17)9-4-5-9/h1-3,6-7,9H,4-5,8,15H2/p+1. The van der Waals surface area contributed by atoms with E-state index in [4.69, 9.17) is 11.6 Å². The second kappa shape index (κ2) is 4.17. The van der Waals surface area contributed by atoms with Gasteiger partial charge in [0.2, 0.25) is 0 Å². The van der Waals surface area contributed by atoms with Gasteiger partial charge in [0.1, 0.15) is 6.54 Å². The summed E-state index contributed by atoms with van der Waals surface area (Å²) in [5, 5.41) is 5.41. The Labute approximate surface area is 105 Å². The smallest absolute Gasteiger partial charge is 0.117 e. The van der Waals surface area contributed by atoms with Crippen LogP contribution < -0.4 is 5.73 Å². The van der Waals surface area contributed by atoms with Crippen molar-refractivity contribution in [2.45, 2.75) is 25.3 Å². The van der Waals surface area contributed by atoms with Crippen LogP contribution in [0.2, 0.25) is 5.02 Å². The average molecular weight is 249 g/mol. The zero-order valence-electron chi connectivity index (χ0n) is 9.56. The summed E-state index contributed by atoms with van der Waals surface area (Å²) in [5.74, 6) is 0.667. The summed E-state index contributed by atoms with van der Waals surface area (Å²) in [6, 6.07) is 9.95. The minimum Gasteiger partial charge on any atom is -0.353 e. The van der Waals surface area contributed by atoms with Gasteiger partial charge in [0.05, 0.1) is 17.1 Å². The average Bonchev–Trinajstić information content (AvgIpc) is 3.09. The van der Waals surface area contributed by atoms with Gasteiger partial charge in [-0.3, -0.25) is 0 Å². The van der Waals surface area contributed by atoms with Gasteiger partial charge < -0.3 is 5.73 Å². The molecule has 88 valence electrons. The van der Waals surface area contributed by atoms with Gasteiger partial charge in [-0.25, -0.2) is 4.68 Å². The van der Waals surface area contributed by atoms with E-state index in [9.17, 15) is 0 Å². The van der Waals surface area contributed by atoms with Gasteiger partial charge in [0.25, 0.3) is 0 Å². The first-order valence-electron chi connectivity index (χ1n) is 5.92. The maximum atomic E-state index is 6.02. The van der Waals surface area contributed by atoms with Gasteiger partial charge >= 0.3 is 0 Å². The monoisotopic (exact) mass is 248 g/mol. The summed E-state index contributed by atoms with van der Waals surface area (Å²) in [5.41, 5.74) is 7.33.